The van der Waals surface area contributed by atoms with Gasteiger partial charge in [-0.3, -0.25) is 4.57 Å². The van der Waals surface area contributed by atoms with E-state index < -0.39 is 13.2 Å². The first-order valence-electron chi connectivity index (χ1n) is 11.4. The lowest BCUT2D eigenvalue weighted by Gasteiger charge is -2.40. The largest absolute Gasteiger partial charge is 0.378 e. The van der Waals surface area contributed by atoms with Crippen LogP contribution in [0.5, 0.6) is 0 Å². The van der Waals surface area contributed by atoms with Gasteiger partial charge in [-0.2, -0.15) is 0 Å². The van der Waals surface area contributed by atoms with Gasteiger partial charge in [-0.25, -0.2) is 0 Å². The van der Waals surface area contributed by atoms with Crippen LogP contribution in [0.15, 0.2) is 48.5 Å². The Hall–Kier alpha value is -1.61. The van der Waals surface area contributed by atoms with Crippen LogP contribution in [-0.2, 0) is 9.09 Å². The van der Waals surface area contributed by atoms with Gasteiger partial charge in [-0.1, -0.05) is 57.0 Å². The third-order valence-electron chi connectivity index (χ3n) is 6.68. The van der Waals surface area contributed by atoms with E-state index in [2.05, 4.69) is 20.8 Å². The summed E-state index contributed by atoms with van der Waals surface area (Å²) >= 11 is 0. The second-order valence-corrected chi connectivity index (χ2v) is 12.2. The maximum atomic E-state index is 14.5. The van der Waals surface area contributed by atoms with Crippen molar-refractivity contribution >= 4 is 18.4 Å². The third kappa shape index (κ3) is 5.42. The van der Waals surface area contributed by atoms with Crippen molar-refractivity contribution in [2.75, 3.05) is 19.0 Å². The van der Waals surface area contributed by atoms with Crippen molar-refractivity contribution in [3.63, 3.8) is 0 Å². The smallest absolute Gasteiger partial charge is 0.264 e. The first kappa shape index (κ1) is 24.0. The topological polar surface area (TPSA) is 49.8 Å². The zero-order chi connectivity index (χ0) is 22.8. The number of aliphatic hydroxyl groups is 1. The molecule has 31 heavy (non-hydrogen) atoms. The highest BCUT2D eigenvalue weighted by Gasteiger charge is 2.42. The number of hydrogen-bond donors (Lipinski definition) is 1. The molecule has 2 aromatic carbocycles. The van der Waals surface area contributed by atoms with Crippen molar-refractivity contribution in [3.8, 4) is 0 Å². The summed E-state index contributed by atoms with van der Waals surface area (Å²) in [6.45, 7) is 8.66. The molecule has 1 fully saturated rings. The highest BCUT2D eigenvalue weighted by Crippen LogP contribution is 2.60. The number of hydrogen-bond acceptors (Lipinski definition) is 4. The Bertz CT molecular complexity index is 892. The van der Waals surface area contributed by atoms with Crippen molar-refractivity contribution in [2.24, 2.45) is 17.8 Å². The van der Waals surface area contributed by atoms with Gasteiger partial charge < -0.3 is 14.5 Å². The summed E-state index contributed by atoms with van der Waals surface area (Å²) in [4.78, 5) is 2.00. The lowest BCUT2D eigenvalue weighted by atomic mass is 9.75. The van der Waals surface area contributed by atoms with Crippen LogP contribution in [-0.4, -0.2) is 25.3 Å². The van der Waals surface area contributed by atoms with E-state index >= 15 is 0 Å². The van der Waals surface area contributed by atoms with E-state index in [1.54, 1.807) is 0 Å². The third-order valence-corrected chi connectivity index (χ3v) is 9.22. The van der Waals surface area contributed by atoms with E-state index in [9.17, 15) is 9.67 Å². The predicted octanol–water partition coefficient (Wildman–Crippen LogP) is 6.13. The number of anilines is 1. The summed E-state index contributed by atoms with van der Waals surface area (Å²) in [6.07, 6.45) is 3.00. The molecule has 1 N–H and O–H groups in total. The van der Waals surface area contributed by atoms with Crippen molar-refractivity contribution in [2.45, 2.75) is 58.9 Å². The first-order chi connectivity index (χ1) is 14.6. The summed E-state index contributed by atoms with van der Waals surface area (Å²) in [5.41, 5.74) is 2.75. The molecule has 0 bridgehead atoms. The van der Waals surface area contributed by atoms with Crippen LogP contribution in [0.2, 0.25) is 0 Å². The SMILES string of the molecule is Cc1ccc([C@@H](O)[P@](=O)(O[C@@H]2C[C@H](C)CC[C@H]2C(C)C)c2ccc(N(C)C)cc2)cc1. The standard InChI is InChI=1S/C26H38NO3P/c1-18(2)24-16-9-20(4)17-25(24)30-31(29,23-14-12-22(13-15-23)27(5)6)26(28)21-10-7-19(3)8-11-21/h7-8,10-15,18,20,24-26,28H,9,16-17H2,1-6H3/t20-,24+,25-,26+,31-/m1/s1. The second kappa shape index (κ2) is 9.90. The Morgan fingerprint density at radius 3 is 2.19 bits per heavy atom. The average molecular weight is 444 g/mol. The van der Waals surface area contributed by atoms with Crippen LogP contribution >= 0.6 is 7.37 Å². The van der Waals surface area contributed by atoms with Gasteiger partial charge in [0.15, 0.2) is 5.85 Å². The Morgan fingerprint density at radius 1 is 1.03 bits per heavy atom. The van der Waals surface area contributed by atoms with Crippen LogP contribution in [0.3, 0.4) is 0 Å². The molecular weight excluding hydrogens is 405 g/mol. The molecule has 0 amide bonds. The molecule has 0 unspecified atom stereocenters. The number of aryl methyl sites for hydroxylation is 1. The molecule has 5 atom stereocenters. The van der Waals surface area contributed by atoms with Crippen molar-refractivity contribution in [1.29, 1.82) is 0 Å². The van der Waals surface area contributed by atoms with Crippen molar-refractivity contribution in [3.05, 3.63) is 59.7 Å². The van der Waals surface area contributed by atoms with Crippen molar-refractivity contribution < 1.29 is 14.2 Å². The zero-order valence-electron chi connectivity index (χ0n) is 19.8. The van der Waals surface area contributed by atoms with Gasteiger partial charge in [0.25, 0.3) is 7.37 Å². The first-order valence-corrected chi connectivity index (χ1v) is 13.1. The summed E-state index contributed by atoms with van der Waals surface area (Å²) in [5, 5.41) is 12.0. The molecule has 0 aromatic heterocycles. The molecule has 0 spiro atoms. The van der Waals surface area contributed by atoms with Gasteiger partial charge in [0, 0.05) is 25.1 Å². The van der Waals surface area contributed by atoms with Gasteiger partial charge in [-0.05, 0) is 67.3 Å². The number of rotatable bonds is 7. The molecule has 1 aliphatic rings. The molecule has 2 aromatic rings. The normalized spacial score (nSPS) is 24.6. The molecule has 3 rings (SSSR count). The van der Waals surface area contributed by atoms with Crippen LogP contribution in [0, 0.1) is 24.7 Å². The minimum absolute atomic E-state index is 0.122. The van der Waals surface area contributed by atoms with Gasteiger partial charge in [0.1, 0.15) is 0 Å². The number of nitrogens with zero attached hydrogens (tertiary/aromatic N) is 1. The average Bonchev–Trinajstić information content (AvgIpc) is 2.73. The molecule has 1 saturated carbocycles. The molecule has 1 aliphatic carbocycles. The van der Waals surface area contributed by atoms with E-state index in [0.717, 1.165) is 24.1 Å². The maximum absolute atomic E-state index is 14.5. The highest BCUT2D eigenvalue weighted by atomic mass is 31.2. The summed E-state index contributed by atoms with van der Waals surface area (Å²) < 4.78 is 21.1. The zero-order valence-corrected chi connectivity index (χ0v) is 20.7. The fourth-order valence-corrected chi connectivity index (χ4v) is 6.88. The summed E-state index contributed by atoms with van der Waals surface area (Å²) in [5.74, 6) is 0.124. The monoisotopic (exact) mass is 443 g/mol. The quantitative estimate of drug-likeness (QED) is 0.523. The molecular formula is C26H38NO3P. The van der Waals surface area contributed by atoms with Gasteiger partial charge in [0.2, 0.25) is 0 Å². The van der Waals surface area contributed by atoms with Crippen LogP contribution in [0.25, 0.3) is 0 Å². The minimum Gasteiger partial charge on any atom is -0.378 e. The van der Waals surface area contributed by atoms with Crippen molar-refractivity contribution in [1.82, 2.24) is 0 Å². The number of benzene rings is 2. The Balaban J connectivity index is 2.02. The van der Waals surface area contributed by atoms with E-state index in [-0.39, 0.29) is 6.10 Å². The van der Waals surface area contributed by atoms with E-state index in [1.165, 1.54) is 6.42 Å². The predicted molar refractivity (Wildman–Crippen MR) is 130 cm³/mol. The van der Waals surface area contributed by atoms with E-state index in [1.807, 2.05) is 74.4 Å². The van der Waals surface area contributed by atoms with Gasteiger partial charge in [0.05, 0.1) is 6.10 Å². The Morgan fingerprint density at radius 2 is 1.65 bits per heavy atom. The minimum atomic E-state index is -3.58. The van der Waals surface area contributed by atoms with Gasteiger partial charge >= 0.3 is 0 Å². The van der Waals surface area contributed by atoms with E-state index in [0.29, 0.717) is 28.6 Å². The molecule has 170 valence electrons. The molecule has 4 nitrogen and oxygen atoms in total. The highest BCUT2D eigenvalue weighted by molar-refractivity contribution is 7.67. The second-order valence-electron chi connectivity index (χ2n) is 9.76. The lowest BCUT2D eigenvalue weighted by Crippen LogP contribution is -2.35. The maximum Gasteiger partial charge on any atom is 0.264 e. The lowest BCUT2D eigenvalue weighted by molar-refractivity contribution is 0.0427. The fourth-order valence-electron chi connectivity index (χ4n) is 4.59. The summed E-state index contributed by atoms with van der Waals surface area (Å²) in [7, 11) is 0.365. The van der Waals surface area contributed by atoms with Gasteiger partial charge in [-0.15, -0.1) is 0 Å². The molecule has 0 radical (unpaired) electrons. The molecule has 0 saturated heterocycles. The Kier molecular flexibility index (Phi) is 7.68. The Labute approximate surface area is 188 Å². The van der Waals surface area contributed by atoms with Crippen LogP contribution in [0.4, 0.5) is 5.69 Å². The van der Waals surface area contributed by atoms with Crippen LogP contribution in [0.1, 0.15) is 57.0 Å². The molecule has 0 heterocycles. The fraction of sp³-hybridized carbons (Fsp3) is 0.538. The van der Waals surface area contributed by atoms with Crippen LogP contribution < -0.4 is 10.2 Å². The van der Waals surface area contributed by atoms with E-state index in [4.69, 9.17) is 4.52 Å². The molecule has 5 heteroatoms. The summed E-state index contributed by atoms with van der Waals surface area (Å²) in [6, 6.07) is 15.2. The number of aliphatic hydroxyl groups excluding tert-OH is 1. The molecule has 0 aliphatic heterocycles.